The molecule has 1 saturated heterocycles. The molecule has 0 unspecified atom stereocenters. The highest BCUT2D eigenvalue weighted by Crippen LogP contribution is 2.33. The molecule has 0 bridgehead atoms. The van der Waals surface area contributed by atoms with Gasteiger partial charge in [0.1, 0.15) is 5.75 Å². The Balaban J connectivity index is 1.83. The van der Waals surface area contributed by atoms with Crippen molar-refractivity contribution in [2.24, 2.45) is 0 Å². The lowest BCUT2D eigenvalue weighted by molar-refractivity contribution is 0.103. The fourth-order valence-corrected chi connectivity index (χ4v) is 3.83. The van der Waals surface area contributed by atoms with Gasteiger partial charge in [0.2, 0.25) is 0 Å². The van der Waals surface area contributed by atoms with E-state index in [-0.39, 0.29) is 5.78 Å². The van der Waals surface area contributed by atoms with Gasteiger partial charge in [0.15, 0.2) is 5.78 Å². The number of hydrogen-bond acceptors (Lipinski definition) is 4. The number of ketones is 1. The van der Waals surface area contributed by atoms with Gasteiger partial charge in [-0.2, -0.15) is 0 Å². The average Bonchev–Trinajstić information content (AvgIpc) is 3.02. The van der Waals surface area contributed by atoms with E-state index in [9.17, 15) is 4.79 Å². The van der Waals surface area contributed by atoms with Crippen molar-refractivity contribution < 1.29 is 9.53 Å². The van der Waals surface area contributed by atoms with Crippen LogP contribution in [0.25, 0.3) is 10.9 Å². The number of pyridine rings is 1. The lowest BCUT2D eigenvalue weighted by Crippen LogP contribution is -2.26. The first-order valence-electron chi connectivity index (χ1n) is 9.59. The molecule has 0 N–H and O–H groups in total. The summed E-state index contributed by atoms with van der Waals surface area (Å²) < 4.78 is 5.21. The largest absolute Gasteiger partial charge is 0.497 e. The molecule has 1 fully saturated rings. The summed E-state index contributed by atoms with van der Waals surface area (Å²) in [5.74, 6) is 0.756. The van der Waals surface area contributed by atoms with Crippen LogP contribution < -0.4 is 9.64 Å². The van der Waals surface area contributed by atoms with Gasteiger partial charge in [0.05, 0.1) is 23.9 Å². The molecular formula is C23H24N2O2. The molecule has 0 amide bonds. The van der Waals surface area contributed by atoms with Crippen molar-refractivity contribution in [2.75, 3.05) is 25.1 Å². The first kappa shape index (κ1) is 17.5. The molecule has 4 rings (SSSR count). The molecule has 0 saturated carbocycles. The van der Waals surface area contributed by atoms with Gasteiger partial charge >= 0.3 is 0 Å². The first-order valence-corrected chi connectivity index (χ1v) is 9.59. The standard InChI is InChI=1S/C23H24N2O2/c1-27-18-12-10-17(11-13-18)23(26)20-16-24-21-9-5-4-8-19(21)22(20)25-14-6-2-3-7-15-25/h4-5,8-13,16H,2-3,6-7,14-15H2,1H3. The van der Waals surface area contributed by atoms with E-state index in [1.165, 1.54) is 12.8 Å². The van der Waals surface area contributed by atoms with Crippen molar-refractivity contribution in [1.29, 1.82) is 0 Å². The van der Waals surface area contributed by atoms with Crippen molar-refractivity contribution >= 4 is 22.4 Å². The maximum Gasteiger partial charge on any atom is 0.196 e. The number of ether oxygens (including phenoxy) is 1. The minimum Gasteiger partial charge on any atom is -0.497 e. The second-order valence-corrected chi connectivity index (χ2v) is 7.00. The summed E-state index contributed by atoms with van der Waals surface area (Å²) in [5, 5.41) is 1.05. The number of aromatic nitrogens is 1. The highest BCUT2D eigenvalue weighted by molar-refractivity contribution is 6.16. The third kappa shape index (κ3) is 3.52. The zero-order valence-electron chi connectivity index (χ0n) is 15.6. The SMILES string of the molecule is COc1ccc(C(=O)c2cnc3ccccc3c2N2CCCCCC2)cc1. The molecule has 1 aliphatic rings. The average molecular weight is 360 g/mol. The van der Waals surface area contributed by atoms with Crippen molar-refractivity contribution in [2.45, 2.75) is 25.7 Å². The number of methoxy groups -OCH3 is 1. The van der Waals surface area contributed by atoms with Crippen molar-refractivity contribution in [3.63, 3.8) is 0 Å². The number of fused-ring (bicyclic) bond motifs is 1. The van der Waals surface area contributed by atoms with Crippen LogP contribution in [0.1, 0.15) is 41.6 Å². The Morgan fingerprint density at radius 1 is 0.963 bits per heavy atom. The fourth-order valence-electron chi connectivity index (χ4n) is 3.83. The number of hydrogen-bond donors (Lipinski definition) is 0. The normalized spacial score (nSPS) is 14.8. The van der Waals surface area contributed by atoms with Gasteiger partial charge in [0, 0.05) is 30.2 Å². The van der Waals surface area contributed by atoms with E-state index < -0.39 is 0 Å². The topological polar surface area (TPSA) is 42.4 Å². The summed E-state index contributed by atoms with van der Waals surface area (Å²) in [6, 6.07) is 15.4. The highest BCUT2D eigenvalue weighted by atomic mass is 16.5. The van der Waals surface area contributed by atoms with E-state index in [0.29, 0.717) is 11.1 Å². The van der Waals surface area contributed by atoms with Crippen LogP contribution in [0.15, 0.2) is 54.7 Å². The minimum absolute atomic E-state index is 0.00940. The number of benzene rings is 2. The van der Waals surface area contributed by atoms with E-state index in [1.54, 1.807) is 13.3 Å². The van der Waals surface area contributed by atoms with Crippen LogP contribution in [0.5, 0.6) is 5.75 Å². The Morgan fingerprint density at radius 3 is 2.37 bits per heavy atom. The van der Waals surface area contributed by atoms with Gasteiger partial charge in [-0.3, -0.25) is 9.78 Å². The van der Waals surface area contributed by atoms with Gasteiger partial charge in [-0.1, -0.05) is 31.0 Å². The number of nitrogens with zero attached hydrogens (tertiary/aromatic N) is 2. The quantitative estimate of drug-likeness (QED) is 0.624. The summed E-state index contributed by atoms with van der Waals surface area (Å²) in [7, 11) is 1.63. The molecular weight excluding hydrogens is 336 g/mol. The second-order valence-electron chi connectivity index (χ2n) is 7.00. The molecule has 138 valence electrons. The lowest BCUT2D eigenvalue weighted by Gasteiger charge is -2.26. The molecule has 0 spiro atoms. The third-order valence-electron chi connectivity index (χ3n) is 5.27. The van der Waals surface area contributed by atoms with Crippen LogP contribution in [0.3, 0.4) is 0 Å². The molecule has 1 aliphatic heterocycles. The maximum absolute atomic E-state index is 13.3. The number of rotatable bonds is 4. The van der Waals surface area contributed by atoms with E-state index in [1.807, 2.05) is 42.5 Å². The molecule has 0 aliphatic carbocycles. The van der Waals surface area contributed by atoms with Gasteiger partial charge < -0.3 is 9.64 Å². The molecule has 3 aromatic rings. The molecule has 2 heterocycles. The van der Waals surface area contributed by atoms with E-state index in [4.69, 9.17) is 4.74 Å². The minimum atomic E-state index is 0.00940. The molecule has 0 atom stereocenters. The Morgan fingerprint density at radius 2 is 1.67 bits per heavy atom. The van der Waals surface area contributed by atoms with Crippen LogP contribution in [0, 0.1) is 0 Å². The Kier molecular flexibility index (Phi) is 5.05. The monoisotopic (exact) mass is 360 g/mol. The van der Waals surface area contributed by atoms with Crippen LogP contribution in [-0.4, -0.2) is 31.0 Å². The Labute approximate surface area is 159 Å². The van der Waals surface area contributed by atoms with Crippen LogP contribution in [-0.2, 0) is 0 Å². The van der Waals surface area contributed by atoms with Gasteiger partial charge in [-0.25, -0.2) is 0 Å². The summed E-state index contributed by atoms with van der Waals surface area (Å²) in [4.78, 5) is 20.3. The summed E-state index contributed by atoms with van der Waals surface area (Å²) in [6.45, 7) is 1.97. The number of anilines is 1. The van der Waals surface area contributed by atoms with Gasteiger partial charge in [-0.05, 0) is 43.2 Å². The first-order chi connectivity index (χ1) is 13.3. The summed E-state index contributed by atoms with van der Waals surface area (Å²) >= 11 is 0. The van der Waals surface area contributed by atoms with E-state index in [0.717, 1.165) is 48.3 Å². The molecule has 2 aromatic carbocycles. The fraction of sp³-hybridized carbons (Fsp3) is 0.304. The van der Waals surface area contributed by atoms with Gasteiger partial charge in [-0.15, -0.1) is 0 Å². The molecule has 0 radical (unpaired) electrons. The number of carbonyl (C=O) groups is 1. The Hall–Kier alpha value is -2.88. The van der Waals surface area contributed by atoms with Crippen LogP contribution >= 0.6 is 0 Å². The zero-order valence-corrected chi connectivity index (χ0v) is 15.6. The Bertz CT molecular complexity index is 942. The molecule has 4 heteroatoms. The second kappa shape index (κ2) is 7.78. The van der Waals surface area contributed by atoms with Crippen LogP contribution in [0.4, 0.5) is 5.69 Å². The van der Waals surface area contributed by atoms with Crippen molar-refractivity contribution in [1.82, 2.24) is 4.98 Å². The summed E-state index contributed by atoms with van der Waals surface area (Å²) in [5.41, 5.74) is 3.30. The van der Waals surface area contributed by atoms with Crippen molar-refractivity contribution in [3.8, 4) is 5.75 Å². The number of carbonyl (C=O) groups excluding carboxylic acids is 1. The predicted molar refractivity (Wildman–Crippen MR) is 109 cm³/mol. The van der Waals surface area contributed by atoms with E-state index >= 15 is 0 Å². The van der Waals surface area contributed by atoms with Crippen LogP contribution in [0.2, 0.25) is 0 Å². The number of para-hydroxylation sites is 1. The zero-order chi connectivity index (χ0) is 18.6. The maximum atomic E-state index is 13.3. The molecule has 4 nitrogen and oxygen atoms in total. The summed E-state index contributed by atoms with van der Waals surface area (Å²) in [6.07, 6.45) is 6.57. The smallest absolute Gasteiger partial charge is 0.196 e. The third-order valence-corrected chi connectivity index (χ3v) is 5.27. The lowest BCUT2D eigenvalue weighted by atomic mass is 9.99. The van der Waals surface area contributed by atoms with Crippen molar-refractivity contribution in [3.05, 3.63) is 65.9 Å². The van der Waals surface area contributed by atoms with E-state index in [2.05, 4.69) is 16.0 Å². The highest BCUT2D eigenvalue weighted by Gasteiger charge is 2.22. The van der Waals surface area contributed by atoms with Gasteiger partial charge in [0.25, 0.3) is 0 Å². The molecule has 27 heavy (non-hydrogen) atoms. The molecule has 1 aromatic heterocycles. The predicted octanol–water partition coefficient (Wildman–Crippen LogP) is 4.85.